The van der Waals surface area contributed by atoms with Crippen LogP contribution in [0.2, 0.25) is 0 Å². The van der Waals surface area contributed by atoms with Gasteiger partial charge in [0.1, 0.15) is 0 Å². The minimum Gasteiger partial charge on any atom is -0.338 e. The molecule has 176 valence electrons. The maximum atomic E-state index is 13.0. The highest BCUT2D eigenvalue weighted by atomic mass is 32.2. The van der Waals surface area contributed by atoms with Crippen molar-refractivity contribution in [2.24, 2.45) is 0 Å². The van der Waals surface area contributed by atoms with Crippen molar-refractivity contribution in [2.45, 2.75) is 43.5 Å². The van der Waals surface area contributed by atoms with E-state index >= 15 is 0 Å². The second-order valence-corrected chi connectivity index (χ2v) is 9.90. The summed E-state index contributed by atoms with van der Waals surface area (Å²) in [6, 6.07) is 16.1. The zero-order valence-electron chi connectivity index (χ0n) is 19.0. The van der Waals surface area contributed by atoms with Crippen molar-refractivity contribution < 1.29 is 13.2 Å². The highest BCUT2D eigenvalue weighted by Gasteiger charge is 2.28. The zero-order valence-corrected chi connectivity index (χ0v) is 19.9. The van der Waals surface area contributed by atoms with Gasteiger partial charge in [-0.15, -0.1) is 6.58 Å². The molecule has 1 unspecified atom stereocenters. The summed E-state index contributed by atoms with van der Waals surface area (Å²) in [5.74, 6) is 0.326. The van der Waals surface area contributed by atoms with Crippen LogP contribution in [0.3, 0.4) is 0 Å². The minimum absolute atomic E-state index is 0.179. The van der Waals surface area contributed by atoms with Crippen molar-refractivity contribution in [1.29, 1.82) is 0 Å². The molecule has 0 fully saturated rings. The van der Waals surface area contributed by atoms with E-state index in [1.54, 1.807) is 36.5 Å². The second kappa shape index (κ2) is 10.2. The Labute approximate surface area is 200 Å². The van der Waals surface area contributed by atoms with Gasteiger partial charge in [-0.05, 0) is 72.4 Å². The molecule has 34 heavy (non-hydrogen) atoms. The predicted molar refractivity (Wildman–Crippen MR) is 135 cm³/mol. The lowest BCUT2D eigenvalue weighted by molar-refractivity contribution is -0.115. The van der Waals surface area contributed by atoms with Crippen LogP contribution in [0.15, 0.2) is 78.3 Å². The molecule has 1 heterocycles. The number of benzene rings is 2. The molecule has 3 aromatic rings. The Morgan fingerprint density at radius 1 is 1.18 bits per heavy atom. The number of aryl methyl sites for hydroxylation is 2. The Morgan fingerprint density at radius 3 is 2.71 bits per heavy atom. The number of aromatic nitrogens is 1. The average molecular weight is 477 g/mol. The molecule has 1 atom stereocenters. The minimum atomic E-state index is -3.65. The first-order valence-electron chi connectivity index (χ1n) is 11.3. The third kappa shape index (κ3) is 5.35. The molecule has 0 saturated heterocycles. The molecule has 1 amide bonds. The van der Waals surface area contributed by atoms with Crippen LogP contribution in [-0.2, 0) is 27.7 Å². The Balaban J connectivity index is 1.54. The van der Waals surface area contributed by atoms with E-state index in [2.05, 4.69) is 26.9 Å². The molecule has 0 saturated carbocycles. The number of fused-ring (bicyclic) bond motifs is 1. The number of carbonyl (C=O) groups is 1. The molecule has 1 aliphatic carbocycles. The van der Waals surface area contributed by atoms with Crippen molar-refractivity contribution in [1.82, 2.24) is 9.71 Å². The molecule has 7 nitrogen and oxygen atoms in total. The van der Waals surface area contributed by atoms with E-state index in [-0.39, 0.29) is 23.3 Å². The second-order valence-electron chi connectivity index (χ2n) is 8.19. The monoisotopic (exact) mass is 476 g/mol. The molecule has 0 radical (unpaired) electrons. The van der Waals surface area contributed by atoms with E-state index in [0.29, 0.717) is 17.9 Å². The molecule has 0 spiro atoms. The van der Waals surface area contributed by atoms with Crippen molar-refractivity contribution >= 4 is 33.1 Å². The molecule has 1 aliphatic rings. The molecule has 1 aromatic heterocycles. The lowest BCUT2D eigenvalue weighted by atomic mass is 10.1. The highest BCUT2D eigenvalue weighted by Crippen LogP contribution is 2.35. The van der Waals surface area contributed by atoms with Gasteiger partial charge in [-0.3, -0.25) is 4.79 Å². The summed E-state index contributed by atoms with van der Waals surface area (Å²) >= 11 is 0. The molecule has 8 heteroatoms. The van der Waals surface area contributed by atoms with Gasteiger partial charge in [-0.1, -0.05) is 31.2 Å². The van der Waals surface area contributed by atoms with Gasteiger partial charge in [0.25, 0.3) is 0 Å². The first kappa shape index (κ1) is 23.7. The maximum Gasteiger partial charge on any atom is 0.241 e. The predicted octanol–water partition coefficient (Wildman–Crippen LogP) is 4.87. The van der Waals surface area contributed by atoms with Gasteiger partial charge in [0.2, 0.25) is 15.9 Å². The summed E-state index contributed by atoms with van der Waals surface area (Å²) in [7, 11) is -3.65. The normalized spacial score (nSPS) is 14.9. The average Bonchev–Trinajstić information content (AvgIpc) is 3.22. The standard InChI is InChI=1S/C26H28N4O3S/c1-3-6-25(31)29-24-7-5-16-27-26(24)28-20-12-10-19-11-15-23(22(19)17-20)30-34(32,33)21-13-8-18(4-2)9-14-21/h3,5,7-10,12-14,16-17,23,30H,1,4,6,11,15H2,2H3,(H,27,28)(H,29,31). The van der Waals surface area contributed by atoms with Crippen molar-refractivity contribution in [3.05, 3.63) is 90.1 Å². The van der Waals surface area contributed by atoms with Gasteiger partial charge >= 0.3 is 0 Å². The number of anilines is 3. The van der Waals surface area contributed by atoms with Crippen molar-refractivity contribution in [2.75, 3.05) is 10.6 Å². The summed E-state index contributed by atoms with van der Waals surface area (Å²) in [5.41, 5.74) is 4.46. The van der Waals surface area contributed by atoms with Gasteiger partial charge < -0.3 is 10.6 Å². The third-order valence-corrected chi connectivity index (χ3v) is 7.32. The topological polar surface area (TPSA) is 100 Å². The number of sulfonamides is 1. The van der Waals surface area contributed by atoms with Gasteiger partial charge in [0.15, 0.2) is 5.82 Å². The number of nitrogens with zero attached hydrogens (tertiary/aromatic N) is 1. The number of amides is 1. The van der Waals surface area contributed by atoms with Crippen LogP contribution >= 0.6 is 0 Å². The summed E-state index contributed by atoms with van der Waals surface area (Å²) in [6.45, 7) is 5.62. The zero-order chi connectivity index (χ0) is 24.1. The van der Waals surface area contributed by atoms with Crippen LogP contribution in [0.5, 0.6) is 0 Å². The fourth-order valence-corrected chi connectivity index (χ4v) is 5.29. The molecule has 0 aliphatic heterocycles. The first-order chi connectivity index (χ1) is 16.4. The first-order valence-corrected chi connectivity index (χ1v) is 12.7. The Hall–Kier alpha value is -3.49. The largest absolute Gasteiger partial charge is 0.338 e. The van der Waals surface area contributed by atoms with E-state index in [0.717, 1.165) is 35.2 Å². The molecule has 2 aromatic carbocycles. The third-order valence-electron chi connectivity index (χ3n) is 5.84. The van der Waals surface area contributed by atoms with Crippen LogP contribution in [0.1, 0.15) is 42.5 Å². The Morgan fingerprint density at radius 2 is 1.97 bits per heavy atom. The molecule has 3 N–H and O–H groups in total. The van der Waals surface area contributed by atoms with Crippen molar-refractivity contribution in [3.63, 3.8) is 0 Å². The highest BCUT2D eigenvalue weighted by molar-refractivity contribution is 7.89. The molecule has 0 bridgehead atoms. The van der Waals surface area contributed by atoms with Crippen LogP contribution in [-0.4, -0.2) is 19.3 Å². The fraction of sp³-hybridized carbons (Fsp3) is 0.231. The van der Waals surface area contributed by atoms with Crippen LogP contribution in [0, 0.1) is 0 Å². The van der Waals surface area contributed by atoms with Gasteiger partial charge in [0, 0.05) is 24.3 Å². The lowest BCUT2D eigenvalue weighted by Crippen LogP contribution is -2.27. The van der Waals surface area contributed by atoms with E-state index in [1.165, 1.54) is 0 Å². The Kier molecular flexibility index (Phi) is 7.09. The van der Waals surface area contributed by atoms with Crippen molar-refractivity contribution in [3.8, 4) is 0 Å². The fourth-order valence-electron chi connectivity index (χ4n) is 4.04. The smallest absolute Gasteiger partial charge is 0.241 e. The van der Waals surface area contributed by atoms with E-state index in [4.69, 9.17) is 0 Å². The van der Waals surface area contributed by atoms with Gasteiger partial charge in [0.05, 0.1) is 10.6 Å². The summed E-state index contributed by atoms with van der Waals surface area (Å²) < 4.78 is 28.9. The number of hydrogen-bond acceptors (Lipinski definition) is 5. The summed E-state index contributed by atoms with van der Waals surface area (Å²) in [5, 5.41) is 6.07. The van der Waals surface area contributed by atoms with Crippen LogP contribution < -0.4 is 15.4 Å². The Bertz CT molecular complexity index is 1300. The lowest BCUT2D eigenvalue weighted by Gasteiger charge is -2.17. The van der Waals surface area contributed by atoms with Gasteiger partial charge in [-0.2, -0.15) is 0 Å². The SMILES string of the molecule is C=CCC(=O)Nc1cccnc1Nc1ccc2c(c1)C(NS(=O)(=O)c1ccc(CC)cc1)CC2. The maximum absolute atomic E-state index is 13.0. The number of rotatable bonds is 9. The van der Waals surface area contributed by atoms with Gasteiger partial charge in [-0.25, -0.2) is 18.1 Å². The number of pyridine rings is 1. The summed E-state index contributed by atoms with van der Waals surface area (Å²) in [4.78, 5) is 16.6. The number of nitrogens with one attached hydrogen (secondary N) is 3. The van der Waals surface area contributed by atoms with Crippen LogP contribution in [0.25, 0.3) is 0 Å². The molecule has 4 rings (SSSR count). The van der Waals surface area contributed by atoms with E-state index in [9.17, 15) is 13.2 Å². The molecular weight excluding hydrogens is 448 g/mol. The quantitative estimate of drug-likeness (QED) is 0.383. The summed E-state index contributed by atoms with van der Waals surface area (Å²) in [6.07, 6.45) is 5.73. The van der Waals surface area contributed by atoms with E-state index in [1.807, 2.05) is 37.3 Å². The number of carbonyl (C=O) groups excluding carboxylic acids is 1. The van der Waals surface area contributed by atoms with E-state index < -0.39 is 10.0 Å². The number of hydrogen-bond donors (Lipinski definition) is 3. The van der Waals surface area contributed by atoms with Crippen LogP contribution in [0.4, 0.5) is 17.2 Å². The molecular formula is C26H28N4O3S.